The highest BCUT2D eigenvalue weighted by atomic mass is 32.2. The van der Waals surface area contributed by atoms with Crippen molar-refractivity contribution in [2.75, 3.05) is 6.26 Å². The van der Waals surface area contributed by atoms with E-state index >= 15 is 0 Å². The first-order valence-electron chi connectivity index (χ1n) is 4.07. The molecule has 2 rings (SSSR count). The topological polar surface area (TPSA) is 52.7 Å². The van der Waals surface area contributed by atoms with Crippen molar-refractivity contribution in [2.45, 2.75) is 5.03 Å². The van der Waals surface area contributed by atoms with Crippen molar-refractivity contribution in [2.24, 2.45) is 14.1 Å². The first-order chi connectivity index (χ1) is 6.65. The molecule has 0 fully saturated rings. The Bertz CT molecular complexity index is 542. The number of imidazole rings is 1. The van der Waals surface area contributed by atoms with E-state index in [4.69, 9.17) is 0 Å². The lowest BCUT2D eigenvalue weighted by Gasteiger charge is -2.03. The highest BCUT2D eigenvalue weighted by Gasteiger charge is 2.11. The van der Waals surface area contributed by atoms with Crippen LogP contribution in [0.25, 0.3) is 11.2 Å². The van der Waals surface area contributed by atoms with Crippen LogP contribution in [0.3, 0.4) is 0 Å². The van der Waals surface area contributed by atoms with Gasteiger partial charge in [0.25, 0.3) is 0 Å². The van der Waals surface area contributed by atoms with E-state index in [-0.39, 0.29) is 5.69 Å². The van der Waals surface area contributed by atoms with Gasteiger partial charge in [0.05, 0.1) is 6.33 Å². The van der Waals surface area contributed by atoms with Gasteiger partial charge >= 0.3 is 5.69 Å². The van der Waals surface area contributed by atoms with Crippen LogP contribution in [0.2, 0.25) is 0 Å². The standard InChI is InChI=1S/C8H10N4OS/c1-11-4-9-5-6(14-3)10-8(13)12(2)7(5)11/h4H,1-3H3. The first kappa shape index (κ1) is 9.26. The van der Waals surface area contributed by atoms with E-state index in [1.807, 2.05) is 17.9 Å². The maximum atomic E-state index is 11.5. The van der Waals surface area contributed by atoms with Gasteiger partial charge in [-0.15, -0.1) is 11.8 Å². The lowest BCUT2D eigenvalue weighted by Crippen LogP contribution is -2.21. The number of aromatic nitrogens is 4. The molecule has 0 aliphatic carbocycles. The first-order valence-corrected chi connectivity index (χ1v) is 5.29. The number of hydrogen-bond acceptors (Lipinski definition) is 4. The summed E-state index contributed by atoms with van der Waals surface area (Å²) in [6, 6.07) is 0. The fourth-order valence-electron chi connectivity index (χ4n) is 1.42. The molecule has 6 heteroatoms. The van der Waals surface area contributed by atoms with Crippen molar-refractivity contribution in [3.8, 4) is 0 Å². The van der Waals surface area contributed by atoms with Crippen LogP contribution in [-0.4, -0.2) is 25.4 Å². The SMILES string of the molecule is CSc1nc(=O)n(C)c2c1ncn2C. The normalized spacial score (nSPS) is 11.1. The molecule has 0 aromatic carbocycles. The lowest BCUT2D eigenvalue weighted by atomic mass is 10.5. The average Bonchev–Trinajstić information content (AvgIpc) is 2.54. The van der Waals surface area contributed by atoms with Crippen LogP contribution < -0.4 is 5.69 Å². The third-order valence-electron chi connectivity index (χ3n) is 2.10. The maximum absolute atomic E-state index is 11.5. The summed E-state index contributed by atoms with van der Waals surface area (Å²) in [7, 11) is 3.56. The van der Waals surface area contributed by atoms with E-state index < -0.39 is 0 Å². The molecule has 0 saturated heterocycles. The molecule has 0 spiro atoms. The Balaban J connectivity index is 3.00. The van der Waals surface area contributed by atoms with Crippen molar-refractivity contribution in [3.05, 3.63) is 16.8 Å². The highest BCUT2D eigenvalue weighted by Crippen LogP contribution is 2.19. The average molecular weight is 210 g/mol. The molecule has 5 nitrogen and oxygen atoms in total. The predicted octanol–water partition coefficient (Wildman–Crippen LogP) is 0.389. The van der Waals surface area contributed by atoms with Crippen LogP contribution in [0.1, 0.15) is 0 Å². The second kappa shape index (κ2) is 3.13. The molecule has 2 aromatic heterocycles. The Labute approximate surface area is 84.8 Å². The van der Waals surface area contributed by atoms with Gasteiger partial charge in [0.15, 0.2) is 0 Å². The van der Waals surface area contributed by atoms with E-state index in [1.54, 1.807) is 13.4 Å². The van der Waals surface area contributed by atoms with Crippen LogP contribution in [-0.2, 0) is 14.1 Å². The molecule has 14 heavy (non-hydrogen) atoms. The van der Waals surface area contributed by atoms with Crippen LogP contribution in [0.15, 0.2) is 16.1 Å². The Kier molecular flexibility index (Phi) is 2.07. The van der Waals surface area contributed by atoms with Gasteiger partial charge in [-0.1, -0.05) is 0 Å². The zero-order valence-corrected chi connectivity index (χ0v) is 9.00. The molecule has 0 amide bonds. The predicted molar refractivity (Wildman–Crippen MR) is 55.5 cm³/mol. The minimum Gasteiger partial charge on any atom is -0.320 e. The molecule has 0 bridgehead atoms. The fourth-order valence-corrected chi connectivity index (χ4v) is 1.92. The van der Waals surface area contributed by atoms with Gasteiger partial charge in [-0.2, -0.15) is 4.98 Å². The summed E-state index contributed by atoms with van der Waals surface area (Å²) in [6.45, 7) is 0. The van der Waals surface area contributed by atoms with Crippen molar-refractivity contribution < 1.29 is 0 Å². The Hall–Kier alpha value is -1.30. The molecule has 2 heterocycles. The van der Waals surface area contributed by atoms with Crippen LogP contribution in [0.5, 0.6) is 0 Å². The quantitative estimate of drug-likeness (QED) is 0.504. The Morgan fingerprint density at radius 2 is 2.14 bits per heavy atom. The molecule has 0 aliphatic rings. The van der Waals surface area contributed by atoms with Gasteiger partial charge in [-0.05, 0) is 6.26 Å². The van der Waals surface area contributed by atoms with Crippen molar-refractivity contribution >= 4 is 22.9 Å². The highest BCUT2D eigenvalue weighted by molar-refractivity contribution is 7.98. The van der Waals surface area contributed by atoms with Gasteiger partial charge in [0.2, 0.25) is 0 Å². The summed E-state index contributed by atoms with van der Waals surface area (Å²) in [6.07, 6.45) is 3.57. The zero-order valence-electron chi connectivity index (χ0n) is 8.18. The van der Waals surface area contributed by atoms with E-state index in [9.17, 15) is 4.79 Å². The van der Waals surface area contributed by atoms with Crippen LogP contribution >= 0.6 is 11.8 Å². The third-order valence-corrected chi connectivity index (χ3v) is 2.78. The number of aryl methyl sites for hydroxylation is 2. The molecule has 0 unspecified atom stereocenters. The summed E-state index contributed by atoms with van der Waals surface area (Å²) in [4.78, 5) is 19.6. The molecule has 0 N–H and O–H groups in total. The number of nitrogens with zero attached hydrogens (tertiary/aromatic N) is 4. The van der Waals surface area contributed by atoms with Crippen LogP contribution in [0.4, 0.5) is 0 Å². The number of hydrogen-bond donors (Lipinski definition) is 0. The van der Waals surface area contributed by atoms with E-state index in [1.165, 1.54) is 16.3 Å². The molecule has 2 aromatic rings. The van der Waals surface area contributed by atoms with Crippen molar-refractivity contribution in [1.29, 1.82) is 0 Å². The number of rotatable bonds is 1. The molecule has 0 radical (unpaired) electrons. The van der Waals surface area contributed by atoms with Gasteiger partial charge in [-0.25, -0.2) is 9.78 Å². The minimum atomic E-state index is -0.245. The van der Waals surface area contributed by atoms with Crippen LogP contribution in [0, 0.1) is 0 Å². The summed E-state index contributed by atoms with van der Waals surface area (Å²) in [5, 5.41) is 0.684. The molecule has 74 valence electrons. The van der Waals surface area contributed by atoms with E-state index in [0.717, 1.165) is 11.2 Å². The number of thioether (sulfide) groups is 1. The summed E-state index contributed by atoms with van der Waals surface area (Å²) >= 11 is 1.43. The monoisotopic (exact) mass is 210 g/mol. The molecule has 0 aliphatic heterocycles. The molecule has 0 atom stereocenters. The van der Waals surface area contributed by atoms with Gasteiger partial charge in [0, 0.05) is 14.1 Å². The largest absolute Gasteiger partial charge is 0.350 e. The number of fused-ring (bicyclic) bond motifs is 1. The van der Waals surface area contributed by atoms with Gasteiger partial charge in [0.1, 0.15) is 16.2 Å². The molecular formula is C8H10N4OS. The summed E-state index contributed by atoms with van der Waals surface area (Å²) in [5.41, 5.74) is 1.34. The minimum absolute atomic E-state index is 0.245. The third kappa shape index (κ3) is 1.14. The lowest BCUT2D eigenvalue weighted by molar-refractivity contribution is 0.783. The summed E-state index contributed by atoms with van der Waals surface area (Å²) < 4.78 is 3.32. The molecular weight excluding hydrogens is 200 g/mol. The van der Waals surface area contributed by atoms with Gasteiger partial charge < -0.3 is 4.57 Å². The Morgan fingerprint density at radius 3 is 2.79 bits per heavy atom. The maximum Gasteiger partial charge on any atom is 0.350 e. The summed E-state index contributed by atoms with van der Waals surface area (Å²) in [5.74, 6) is 0. The zero-order chi connectivity index (χ0) is 10.3. The fraction of sp³-hybridized carbons (Fsp3) is 0.375. The van der Waals surface area contributed by atoms with E-state index in [0.29, 0.717) is 5.03 Å². The second-order valence-electron chi connectivity index (χ2n) is 2.99. The van der Waals surface area contributed by atoms with Crippen molar-refractivity contribution in [1.82, 2.24) is 19.1 Å². The Morgan fingerprint density at radius 1 is 1.43 bits per heavy atom. The van der Waals surface area contributed by atoms with Crippen molar-refractivity contribution in [3.63, 3.8) is 0 Å². The second-order valence-corrected chi connectivity index (χ2v) is 3.79. The van der Waals surface area contributed by atoms with Gasteiger partial charge in [-0.3, -0.25) is 4.57 Å². The smallest absolute Gasteiger partial charge is 0.320 e. The van der Waals surface area contributed by atoms with E-state index in [2.05, 4.69) is 9.97 Å². The molecule has 0 saturated carbocycles.